The highest BCUT2D eigenvalue weighted by Crippen LogP contribution is 2.16. The lowest BCUT2D eigenvalue weighted by Crippen LogP contribution is -2.22. The zero-order chi connectivity index (χ0) is 8.69. The van der Waals surface area contributed by atoms with Crippen molar-refractivity contribution < 1.29 is 4.74 Å². The zero-order valence-corrected chi connectivity index (χ0v) is 8.53. The van der Waals surface area contributed by atoms with Gasteiger partial charge in [0.25, 0.3) is 0 Å². The van der Waals surface area contributed by atoms with Crippen LogP contribution in [0.4, 0.5) is 0 Å². The topological polar surface area (TPSA) is 9.23 Å². The number of ether oxygens (including phenoxy) is 1. The van der Waals surface area contributed by atoms with Gasteiger partial charge in [-0.05, 0) is 12.8 Å². The molecule has 0 bridgehead atoms. The van der Waals surface area contributed by atoms with Gasteiger partial charge in [-0.25, -0.2) is 0 Å². The van der Waals surface area contributed by atoms with E-state index in [0.29, 0.717) is 0 Å². The lowest BCUT2D eigenvalue weighted by molar-refractivity contribution is 0.0886. The molecule has 11 heavy (non-hydrogen) atoms. The number of alkyl halides is 1. The summed E-state index contributed by atoms with van der Waals surface area (Å²) in [5.74, 6) is 0. The fourth-order valence-electron chi connectivity index (χ4n) is 1.19. The van der Waals surface area contributed by atoms with Crippen molar-refractivity contribution in [3.63, 3.8) is 0 Å². The SMILES string of the molecule is CCC[C@H](Cl)[C@@H](CCC)OC. The van der Waals surface area contributed by atoms with Gasteiger partial charge in [-0.3, -0.25) is 0 Å². The average molecular weight is 179 g/mol. The number of methoxy groups -OCH3 is 1. The molecule has 0 amide bonds. The summed E-state index contributed by atoms with van der Waals surface area (Å²) in [6, 6.07) is 0. The molecule has 0 aliphatic rings. The number of hydrogen-bond donors (Lipinski definition) is 0. The molecule has 0 rings (SSSR count). The van der Waals surface area contributed by atoms with E-state index < -0.39 is 0 Å². The van der Waals surface area contributed by atoms with Crippen molar-refractivity contribution in [2.24, 2.45) is 0 Å². The van der Waals surface area contributed by atoms with Crippen LogP contribution in [0.25, 0.3) is 0 Å². The van der Waals surface area contributed by atoms with E-state index in [1.54, 1.807) is 7.11 Å². The van der Waals surface area contributed by atoms with Crippen molar-refractivity contribution in [1.82, 2.24) is 0 Å². The third-order valence-electron chi connectivity index (χ3n) is 1.84. The Hall–Kier alpha value is 0.250. The van der Waals surface area contributed by atoms with Crippen LogP contribution in [-0.4, -0.2) is 18.6 Å². The van der Waals surface area contributed by atoms with Gasteiger partial charge in [-0.2, -0.15) is 0 Å². The summed E-state index contributed by atoms with van der Waals surface area (Å²) in [6.07, 6.45) is 4.66. The van der Waals surface area contributed by atoms with Gasteiger partial charge < -0.3 is 4.74 Å². The molecule has 0 spiro atoms. The molecular formula is C9H19ClO. The van der Waals surface area contributed by atoms with Crippen LogP contribution in [0.5, 0.6) is 0 Å². The number of halogens is 1. The predicted molar refractivity (Wildman–Crippen MR) is 50.3 cm³/mol. The van der Waals surface area contributed by atoms with Crippen LogP contribution in [0.1, 0.15) is 39.5 Å². The van der Waals surface area contributed by atoms with Gasteiger partial charge in [0.05, 0.1) is 11.5 Å². The van der Waals surface area contributed by atoms with Gasteiger partial charge in [0.15, 0.2) is 0 Å². The molecule has 2 atom stereocenters. The van der Waals surface area contributed by atoms with E-state index in [4.69, 9.17) is 16.3 Å². The summed E-state index contributed by atoms with van der Waals surface area (Å²) in [6.45, 7) is 4.30. The minimum Gasteiger partial charge on any atom is -0.380 e. The quantitative estimate of drug-likeness (QED) is 0.568. The molecular weight excluding hydrogens is 160 g/mol. The molecule has 0 unspecified atom stereocenters. The lowest BCUT2D eigenvalue weighted by Gasteiger charge is -2.19. The predicted octanol–water partition coefficient (Wildman–Crippen LogP) is 3.21. The molecule has 2 heteroatoms. The maximum Gasteiger partial charge on any atom is 0.0734 e. The number of hydrogen-bond acceptors (Lipinski definition) is 1. The van der Waals surface area contributed by atoms with Crippen LogP contribution in [0.15, 0.2) is 0 Å². The molecule has 1 nitrogen and oxygen atoms in total. The van der Waals surface area contributed by atoms with Crippen molar-refractivity contribution in [2.45, 2.75) is 51.0 Å². The zero-order valence-electron chi connectivity index (χ0n) is 7.77. The molecule has 0 radical (unpaired) electrons. The molecule has 68 valence electrons. The van der Waals surface area contributed by atoms with Gasteiger partial charge >= 0.3 is 0 Å². The highest BCUT2D eigenvalue weighted by Gasteiger charge is 2.16. The standard InChI is InChI=1S/C9H19ClO/c1-4-6-8(10)9(11-3)7-5-2/h8-9H,4-7H2,1-3H3/t8-,9+/m0/s1. The monoisotopic (exact) mass is 178 g/mol. The van der Waals surface area contributed by atoms with E-state index in [9.17, 15) is 0 Å². The summed E-state index contributed by atoms with van der Waals surface area (Å²) in [5.41, 5.74) is 0. The van der Waals surface area contributed by atoms with E-state index >= 15 is 0 Å². The molecule has 0 fully saturated rings. The first kappa shape index (κ1) is 11.2. The van der Waals surface area contributed by atoms with Gasteiger partial charge in [0.2, 0.25) is 0 Å². The minimum absolute atomic E-state index is 0.199. The van der Waals surface area contributed by atoms with Gasteiger partial charge in [0.1, 0.15) is 0 Å². The van der Waals surface area contributed by atoms with Crippen molar-refractivity contribution >= 4 is 11.6 Å². The van der Waals surface area contributed by atoms with Crippen molar-refractivity contribution in [2.75, 3.05) is 7.11 Å². The van der Waals surface area contributed by atoms with E-state index in [1.807, 2.05) is 0 Å². The normalized spacial score (nSPS) is 16.4. The summed E-state index contributed by atoms with van der Waals surface area (Å²) in [5, 5.41) is 0.199. The van der Waals surface area contributed by atoms with Crippen molar-refractivity contribution in [3.8, 4) is 0 Å². The molecule has 0 aliphatic carbocycles. The Bertz CT molecular complexity index is 85.6. The Labute approximate surface area is 75.1 Å². The summed E-state index contributed by atoms with van der Waals surface area (Å²) in [7, 11) is 1.74. The third-order valence-corrected chi connectivity index (χ3v) is 2.34. The van der Waals surface area contributed by atoms with Gasteiger partial charge in [0, 0.05) is 7.11 Å². The van der Waals surface area contributed by atoms with Crippen LogP contribution in [0.2, 0.25) is 0 Å². The Morgan fingerprint density at radius 2 is 1.73 bits per heavy atom. The Balaban J connectivity index is 3.61. The van der Waals surface area contributed by atoms with E-state index in [2.05, 4.69) is 13.8 Å². The smallest absolute Gasteiger partial charge is 0.0734 e. The first-order valence-corrected chi connectivity index (χ1v) is 4.86. The second-order valence-corrected chi connectivity index (χ2v) is 3.43. The summed E-state index contributed by atoms with van der Waals surface area (Å²) < 4.78 is 5.27. The first-order chi connectivity index (χ1) is 5.26. The summed E-state index contributed by atoms with van der Waals surface area (Å²) in [4.78, 5) is 0. The van der Waals surface area contributed by atoms with Crippen molar-refractivity contribution in [1.29, 1.82) is 0 Å². The van der Waals surface area contributed by atoms with Crippen LogP contribution in [0, 0.1) is 0 Å². The lowest BCUT2D eigenvalue weighted by atomic mass is 10.1. The molecule has 0 N–H and O–H groups in total. The Morgan fingerprint density at radius 1 is 1.18 bits per heavy atom. The largest absolute Gasteiger partial charge is 0.380 e. The molecule has 0 saturated heterocycles. The molecule has 0 heterocycles. The van der Waals surface area contributed by atoms with Gasteiger partial charge in [-0.15, -0.1) is 11.6 Å². The van der Waals surface area contributed by atoms with E-state index in [1.165, 1.54) is 0 Å². The molecule has 0 aliphatic heterocycles. The molecule has 0 saturated carbocycles. The van der Waals surface area contributed by atoms with Crippen LogP contribution < -0.4 is 0 Å². The fraction of sp³-hybridized carbons (Fsp3) is 1.00. The second-order valence-electron chi connectivity index (χ2n) is 2.87. The van der Waals surface area contributed by atoms with Crippen LogP contribution in [-0.2, 0) is 4.74 Å². The van der Waals surface area contributed by atoms with Crippen LogP contribution in [0.3, 0.4) is 0 Å². The fourth-order valence-corrected chi connectivity index (χ4v) is 1.64. The van der Waals surface area contributed by atoms with Gasteiger partial charge in [-0.1, -0.05) is 26.7 Å². The highest BCUT2D eigenvalue weighted by atomic mass is 35.5. The maximum atomic E-state index is 6.10. The maximum absolute atomic E-state index is 6.10. The molecule has 0 aromatic carbocycles. The van der Waals surface area contributed by atoms with E-state index in [0.717, 1.165) is 25.7 Å². The molecule has 0 aromatic heterocycles. The average Bonchev–Trinajstić information content (AvgIpc) is 2.00. The summed E-state index contributed by atoms with van der Waals surface area (Å²) >= 11 is 6.10. The van der Waals surface area contributed by atoms with E-state index in [-0.39, 0.29) is 11.5 Å². The minimum atomic E-state index is 0.199. The second kappa shape index (κ2) is 6.93. The molecule has 0 aromatic rings. The third kappa shape index (κ3) is 4.65. The van der Waals surface area contributed by atoms with Crippen molar-refractivity contribution in [3.05, 3.63) is 0 Å². The Morgan fingerprint density at radius 3 is 2.09 bits per heavy atom. The number of rotatable bonds is 6. The Kier molecular flexibility index (Phi) is 7.09. The highest BCUT2D eigenvalue weighted by molar-refractivity contribution is 6.21. The first-order valence-electron chi connectivity index (χ1n) is 4.43. The van der Waals surface area contributed by atoms with Crippen LogP contribution >= 0.6 is 11.6 Å².